The van der Waals surface area contributed by atoms with Gasteiger partial charge in [-0.3, -0.25) is 4.79 Å². The fourth-order valence-electron chi connectivity index (χ4n) is 2.85. The number of nitrogens with one attached hydrogen (secondary N) is 3. The number of amides is 1. The van der Waals surface area contributed by atoms with Crippen LogP contribution in [-0.2, 0) is 9.84 Å². The van der Waals surface area contributed by atoms with Crippen LogP contribution in [-0.4, -0.2) is 45.0 Å². The topological polar surface area (TPSA) is 87.3 Å². The first-order valence-electron chi connectivity index (χ1n) is 7.18. The summed E-state index contributed by atoms with van der Waals surface area (Å²) in [6.45, 7) is 1.77. The van der Waals surface area contributed by atoms with Crippen LogP contribution in [0.5, 0.6) is 0 Å². The molecule has 0 aliphatic carbocycles. The molecule has 0 spiro atoms. The van der Waals surface area contributed by atoms with E-state index in [1.807, 2.05) is 12.1 Å². The average molecular weight is 309 g/mol. The average Bonchev–Trinajstić information content (AvgIpc) is 2.83. The zero-order valence-electron chi connectivity index (χ0n) is 11.7. The molecule has 0 saturated carbocycles. The molecule has 3 N–H and O–H groups in total. The van der Waals surface area contributed by atoms with Gasteiger partial charge >= 0.3 is 0 Å². The van der Waals surface area contributed by atoms with Crippen LogP contribution < -0.4 is 16.0 Å². The van der Waals surface area contributed by atoms with Crippen LogP contribution in [0.25, 0.3) is 0 Å². The number of para-hydroxylation sites is 1. The molecule has 0 aromatic heterocycles. The number of anilines is 2. The van der Waals surface area contributed by atoms with Crippen molar-refractivity contribution in [2.24, 2.45) is 0 Å². The van der Waals surface area contributed by atoms with Crippen molar-refractivity contribution in [1.29, 1.82) is 0 Å². The van der Waals surface area contributed by atoms with Gasteiger partial charge in [-0.05, 0) is 25.0 Å². The Hall–Kier alpha value is -1.76. The van der Waals surface area contributed by atoms with Gasteiger partial charge in [0.25, 0.3) is 5.91 Å². The summed E-state index contributed by atoms with van der Waals surface area (Å²) in [5, 5.41) is 8.77. The second kappa shape index (κ2) is 5.55. The molecule has 2 heterocycles. The van der Waals surface area contributed by atoms with E-state index in [9.17, 15) is 13.2 Å². The van der Waals surface area contributed by atoms with Gasteiger partial charge in [-0.25, -0.2) is 8.42 Å². The van der Waals surface area contributed by atoms with Crippen LogP contribution in [0, 0.1) is 0 Å². The Morgan fingerprint density at radius 3 is 2.86 bits per heavy atom. The normalized spacial score (nSPS) is 22.8. The van der Waals surface area contributed by atoms with E-state index in [0.717, 1.165) is 24.5 Å². The van der Waals surface area contributed by atoms with Gasteiger partial charge in [0.2, 0.25) is 0 Å². The maximum atomic E-state index is 12.3. The number of sulfone groups is 1. The first-order valence-corrected chi connectivity index (χ1v) is 8.90. The summed E-state index contributed by atoms with van der Waals surface area (Å²) >= 11 is 0. The third kappa shape index (κ3) is 2.83. The summed E-state index contributed by atoms with van der Waals surface area (Å²) in [6, 6.07) is 5.48. The molecule has 1 aromatic carbocycles. The lowest BCUT2D eigenvalue weighted by Crippen LogP contribution is -2.35. The monoisotopic (exact) mass is 309 g/mol. The van der Waals surface area contributed by atoms with Gasteiger partial charge < -0.3 is 16.0 Å². The van der Waals surface area contributed by atoms with Gasteiger partial charge in [0.05, 0.1) is 27.9 Å². The third-order valence-corrected chi connectivity index (χ3v) is 6.28. The zero-order valence-corrected chi connectivity index (χ0v) is 12.5. The number of carbonyl (C=O) groups excluding carboxylic acids is 1. The molecular formula is C14H19N3O3S. The number of rotatable bonds is 3. The van der Waals surface area contributed by atoms with Crippen molar-refractivity contribution >= 4 is 27.1 Å². The summed E-state index contributed by atoms with van der Waals surface area (Å²) in [5.74, 6) is 0.00452. The number of hydrogen-bond acceptors (Lipinski definition) is 5. The van der Waals surface area contributed by atoms with Gasteiger partial charge in [0, 0.05) is 19.6 Å². The molecule has 0 bridgehead atoms. The van der Waals surface area contributed by atoms with Crippen LogP contribution in [0.3, 0.4) is 0 Å². The second-order valence-electron chi connectivity index (χ2n) is 5.42. The van der Waals surface area contributed by atoms with Gasteiger partial charge in [-0.1, -0.05) is 6.07 Å². The molecule has 1 fully saturated rings. The Kier molecular flexibility index (Phi) is 3.75. The number of hydrogen-bond donors (Lipinski definition) is 3. The Bertz CT molecular complexity index is 657. The number of fused-ring (bicyclic) bond motifs is 1. The quantitative estimate of drug-likeness (QED) is 0.770. The molecule has 114 valence electrons. The number of benzene rings is 1. The molecule has 7 heteroatoms. The lowest BCUT2D eigenvalue weighted by atomic mass is 10.1. The molecule has 1 unspecified atom stereocenters. The number of carbonyl (C=O) groups is 1. The molecular weight excluding hydrogens is 290 g/mol. The van der Waals surface area contributed by atoms with E-state index in [0.29, 0.717) is 18.4 Å². The van der Waals surface area contributed by atoms with Crippen LogP contribution in [0.15, 0.2) is 18.2 Å². The first kappa shape index (κ1) is 14.2. The fourth-order valence-corrected chi connectivity index (χ4v) is 4.62. The molecule has 1 saturated heterocycles. The second-order valence-corrected chi connectivity index (χ2v) is 7.82. The highest BCUT2D eigenvalue weighted by molar-refractivity contribution is 7.92. The summed E-state index contributed by atoms with van der Waals surface area (Å²) in [7, 11) is -3.02. The summed E-state index contributed by atoms with van der Waals surface area (Å²) in [5.41, 5.74) is 2.24. The van der Waals surface area contributed by atoms with Crippen molar-refractivity contribution in [3.05, 3.63) is 23.8 Å². The Labute approximate surface area is 124 Å². The van der Waals surface area contributed by atoms with E-state index >= 15 is 0 Å². The van der Waals surface area contributed by atoms with Crippen molar-refractivity contribution in [2.45, 2.75) is 18.1 Å². The molecule has 21 heavy (non-hydrogen) atoms. The van der Waals surface area contributed by atoms with Crippen molar-refractivity contribution in [1.82, 2.24) is 5.32 Å². The smallest absolute Gasteiger partial charge is 0.253 e. The third-order valence-electron chi connectivity index (χ3n) is 4.00. The standard InChI is InChI=1S/C14H19N3O3S/c18-14(17-9-10-3-2-8-21(10,19)20)11-4-1-5-12-13(11)16-7-6-15-12/h1,4-5,10,15-16H,2-3,6-9H2,(H,17,18). The van der Waals surface area contributed by atoms with Crippen molar-refractivity contribution < 1.29 is 13.2 Å². The van der Waals surface area contributed by atoms with E-state index < -0.39 is 15.1 Å². The van der Waals surface area contributed by atoms with Crippen molar-refractivity contribution in [2.75, 3.05) is 36.0 Å². The van der Waals surface area contributed by atoms with Gasteiger partial charge in [0.1, 0.15) is 0 Å². The summed E-state index contributed by atoms with van der Waals surface area (Å²) in [6.07, 6.45) is 1.32. The van der Waals surface area contributed by atoms with E-state index in [4.69, 9.17) is 0 Å². The Morgan fingerprint density at radius 2 is 2.10 bits per heavy atom. The molecule has 2 aliphatic heterocycles. The van der Waals surface area contributed by atoms with Crippen LogP contribution in [0.2, 0.25) is 0 Å². The maximum Gasteiger partial charge on any atom is 0.253 e. The van der Waals surface area contributed by atoms with Crippen LogP contribution >= 0.6 is 0 Å². The minimum Gasteiger partial charge on any atom is -0.382 e. The maximum absolute atomic E-state index is 12.3. The molecule has 1 atom stereocenters. The predicted molar refractivity (Wildman–Crippen MR) is 82.6 cm³/mol. The lowest BCUT2D eigenvalue weighted by molar-refractivity contribution is 0.0954. The molecule has 0 radical (unpaired) electrons. The Morgan fingerprint density at radius 1 is 1.29 bits per heavy atom. The summed E-state index contributed by atoms with van der Waals surface area (Å²) in [4.78, 5) is 12.3. The highest BCUT2D eigenvalue weighted by atomic mass is 32.2. The van der Waals surface area contributed by atoms with Gasteiger partial charge in [-0.2, -0.15) is 0 Å². The fraction of sp³-hybridized carbons (Fsp3) is 0.500. The lowest BCUT2D eigenvalue weighted by Gasteiger charge is -2.22. The molecule has 1 aromatic rings. The molecule has 1 amide bonds. The zero-order chi connectivity index (χ0) is 14.9. The summed E-state index contributed by atoms with van der Waals surface area (Å²) < 4.78 is 23.5. The molecule has 2 aliphatic rings. The van der Waals surface area contributed by atoms with Crippen LogP contribution in [0.1, 0.15) is 23.2 Å². The van der Waals surface area contributed by atoms with Gasteiger partial charge in [0.15, 0.2) is 9.84 Å². The Balaban J connectivity index is 1.72. The molecule has 3 rings (SSSR count). The highest BCUT2D eigenvalue weighted by Gasteiger charge is 2.31. The molecule has 6 nitrogen and oxygen atoms in total. The minimum absolute atomic E-state index is 0.193. The van der Waals surface area contributed by atoms with Gasteiger partial charge in [-0.15, -0.1) is 0 Å². The largest absolute Gasteiger partial charge is 0.382 e. The minimum atomic E-state index is -3.02. The highest BCUT2D eigenvalue weighted by Crippen LogP contribution is 2.28. The predicted octanol–water partition coefficient (Wildman–Crippen LogP) is 0.831. The SMILES string of the molecule is O=C(NCC1CCCS1(=O)=O)c1cccc2c1NCCN2. The van der Waals surface area contributed by atoms with E-state index in [1.54, 1.807) is 6.07 Å². The van der Waals surface area contributed by atoms with Crippen molar-refractivity contribution in [3.63, 3.8) is 0 Å². The van der Waals surface area contributed by atoms with E-state index in [1.165, 1.54) is 0 Å². The van der Waals surface area contributed by atoms with Crippen molar-refractivity contribution in [3.8, 4) is 0 Å². The van der Waals surface area contributed by atoms with Crippen LogP contribution in [0.4, 0.5) is 11.4 Å². The van der Waals surface area contributed by atoms with E-state index in [-0.39, 0.29) is 18.2 Å². The van der Waals surface area contributed by atoms with E-state index in [2.05, 4.69) is 16.0 Å². The first-order chi connectivity index (χ1) is 10.1.